The fourth-order valence-electron chi connectivity index (χ4n) is 1.80. The van der Waals surface area contributed by atoms with Gasteiger partial charge in [-0.15, -0.1) is 0 Å². The summed E-state index contributed by atoms with van der Waals surface area (Å²) in [5, 5.41) is 0. The summed E-state index contributed by atoms with van der Waals surface area (Å²) in [4.78, 5) is 10.6. The first kappa shape index (κ1) is 14.0. The second-order valence-corrected chi connectivity index (χ2v) is 5.15. The van der Waals surface area contributed by atoms with E-state index in [1.165, 1.54) is 5.56 Å². The van der Waals surface area contributed by atoms with Gasteiger partial charge in [-0.25, -0.2) is 9.97 Å². The van der Waals surface area contributed by atoms with Crippen molar-refractivity contribution < 1.29 is 0 Å². The van der Waals surface area contributed by atoms with Crippen molar-refractivity contribution in [3.05, 3.63) is 52.4 Å². The van der Waals surface area contributed by atoms with Gasteiger partial charge in [0.25, 0.3) is 0 Å². The number of aromatic nitrogens is 2. The molecule has 0 saturated carbocycles. The van der Waals surface area contributed by atoms with E-state index in [9.17, 15) is 0 Å². The second kappa shape index (κ2) is 6.63. The van der Waals surface area contributed by atoms with Crippen molar-refractivity contribution >= 4 is 21.7 Å². The average Bonchev–Trinajstić information content (AvgIpc) is 2.46. The number of rotatable bonds is 5. The van der Waals surface area contributed by atoms with Crippen LogP contribution in [0.2, 0.25) is 0 Å². The van der Waals surface area contributed by atoms with Gasteiger partial charge in [-0.2, -0.15) is 0 Å². The van der Waals surface area contributed by atoms with Gasteiger partial charge in [0.2, 0.25) is 0 Å². The highest BCUT2D eigenvalue weighted by atomic mass is 79.9. The Balaban J connectivity index is 2.01. The van der Waals surface area contributed by atoms with Gasteiger partial charge in [0.05, 0.1) is 6.54 Å². The Morgan fingerprint density at radius 1 is 1.26 bits per heavy atom. The van der Waals surface area contributed by atoms with Crippen molar-refractivity contribution in [2.24, 2.45) is 5.73 Å². The predicted molar refractivity (Wildman–Crippen MR) is 81.0 cm³/mol. The highest BCUT2D eigenvalue weighted by molar-refractivity contribution is 9.10. The summed E-state index contributed by atoms with van der Waals surface area (Å²) in [7, 11) is 2.03. The molecule has 2 aromatic rings. The van der Waals surface area contributed by atoms with Gasteiger partial charge >= 0.3 is 0 Å². The molecule has 1 aromatic carbocycles. The lowest BCUT2D eigenvalue weighted by molar-refractivity contribution is 0.829. The molecule has 0 aliphatic rings. The third-order valence-corrected chi connectivity index (χ3v) is 3.71. The first-order chi connectivity index (χ1) is 9.20. The van der Waals surface area contributed by atoms with Crippen LogP contribution in [0.5, 0.6) is 0 Å². The highest BCUT2D eigenvalue weighted by Crippen LogP contribution is 2.17. The fourth-order valence-corrected chi connectivity index (χ4v) is 2.29. The molecule has 5 heteroatoms. The first-order valence-electron chi connectivity index (χ1n) is 6.17. The molecule has 0 aliphatic heterocycles. The van der Waals surface area contributed by atoms with E-state index in [1.807, 2.05) is 19.2 Å². The molecule has 0 spiro atoms. The lowest BCUT2D eigenvalue weighted by Gasteiger charge is -2.18. The lowest BCUT2D eigenvalue weighted by Crippen LogP contribution is -2.22. The normalized spacial score (nSPS) is 10.5. The summed E-state index contributed by atoms with van der Waals surface area (Å²) < 4.78 is 1.15. The van der Waals surface area contributed by atoms with Gasteiger partial charge < -0.3 is 10.6 Å². The van der Waals surface area contributed by atoms with E-state index < -0.39 is 0 Å². The Bertz CT molecular complexity index is 544. The molecular weight excluding hydrogens is 304 g/mol. The van der Waals surface area contributed by atoms with Crippen molar-refractivity contribution in [1.29, 1.82) is 0 Å². The standard InChI is InChI=1S/C14H17BrN4/c1-19(14-6-8-17-13(10-16)18-14)9-7-11-4-2-3-5-12(11)15/h2-6,8H,7,9-10,16H2,1H3. The summed E-state index contributed by atoms with van der Waals surface area (Å²) >= 11 is 3.56. The molecule has 0 unspecified atom stereocenters. The molecule has 4 nitrogen and oxygen atoms in total. The number of hydrogen-bond acceptors (Lipinski definition) is 4. The van der Waals surface area contributed by atoms with Crippen molar-refractivity contribution in [2.75, 3.05) is 18.5 Å². The Kier molecular flexibility index (Phi) is 4.87. The summed E-state index contributed by atoms with van der Waals surface area (Å²) in [6, 6.07) is 10.2. The molecule has 0 radical (unpaired) electrons. The van der Waals surface area contributed by atoms with Crippen molar-refractivity contribution in [1.82, 2.24) is 9.97 Å². The van der Waals surface area contributed by atoms with Crippen LogP contribution < -0.4 is 10.6 Å². The number of anilines is 1. The zero-order valence-electron chi connectivity index (χ0n) is 10.9. The van der Waals surface area contributed by atoms with E-state index in [1.54, 1.807) is 6.20 Å². The molecule has 0 bridgehead atoms. The summed E-state index contributed by atoms with van der Waals surface area (Å²) in [6.07, 6.45) is 2.71. The third-order valence-electron chi connectivity index (χ3n) is 2.94. The Hall–Kier alpha value is -1.46. The molecule has 2 N–H and O–H groups in total. The van der Waals surface area contributed by atoms with E-state index in [-0.39, 0.29) is 0 Å². The van der Waals surface area contributed by atoms with Crippen LogP contribution in [0.3, 0.4) is 0 Å². The molecule has 1 aromatic heterocycles. The van der Waals surface area contributed by atoms with Crippen molar-refractivity contribution in [2.45, 2.75) is 13.0 Å². The van der Waals surface area contributed by atoms with E-state index in [0.29, 0.717) is 12.4 Å². The number of benzene rings is 1. The smallest absolute Gasteiger partial charge is 0.144 e. The average molecular weight is 321 g/mol. The molecule has 100 valence electrons. The zero-order chi connectivity index (χ0) is 13.7. The molecule has 1 heterocycles. The Labute approximate surface area is 121 Å². The molecular formula is C14H17BrN4. The maximum Gasteiger partial charge on any atom is 0.144 e. The van der Waals surface area contributed by atoms with Crippen LogP contribution in [0.15, 0.2) is 41.0 Å². The maximum absolute atomic E-state index is 5.55. The van der Waals surface area contributed by atoms with Gasteiger partial charge in [-0.1, -0.05) is 34.1 Å². The Morgan fingerprint density at radius 2 is 2.05 bits per heavy atom. The molecule has 0 aliphatic carbocycles. The van der Waals surface area contributed by atoms with Crippen molar-refractivity contribution in [3.8, 4) is 0 Å². The topological polar surface area (TPSA) is 55.0 Å². The van der Waals surface area contributed by atoms with Gasteiger partial charge in [-0.3, -0.25) is 0 Å². The second-order valence-electron chi connectivity index (χ2n) is 4.30. The largest absolute Gasteiger partial charge is 0.359 e. The van der Waals surface area contributed by atoms with Crippen LogP contribution in [0.4, 0.5) is 5.82 Å². The van der Waals surface area contributed by atoms with Crippen LogP contribution in [0, 0.1) is 0 Å². The SMILES string of the molecule is CN(CCc1ccccc1Br)c1ccnc(CN)n1. The van der Waals surface area contributed by atoms with E-state index >= 15 is 0 Å². The van der Waals surface area contributed by atoms with E-state index in [2.05, 4.69) is 49.0 Å². The molecule has 0 saturated heterocycles. The van der Waals surface area contributed by atoms with Gasteiger partial charge in [0.15, 0.2) is 0 Å². The minimum absolute atomic E-state index is 0.367. The van der Waals surface area contributed by atoms with Crippen molar-refractivity contribution in [3.63, 3.8) is 0 Å². The maximum atomic E-state index is 5.55. The first-order valence-corrected chi connectivity index (χ1v) is 6.96. The van der Waals surface area contributed by atoms with E-state index in [4.69, 9.17) is 5.73 Å². The highest BCUT2D eigenvalue weighted by Gasteiger charge is 2.05. The number of nitrogens with zero attached hydrogens (tertiary/aromatic N) is 3. The van der Waals surface area contributed by atoms with Crippen LogP contribution in [-0.4, -0.2) is 23.6 Å². The quantitative estimate of drug-likeness (QED) is 0.919. The summed E-state index contributed by atoms with van der Waals surface area (Å²) in [5.74, 6) is 1.58. The van der Waals surface area contributed by atoms with Crippen LogP contribution in [0.1, 0.15) is 11.4 Å². The van der Waals surface area contributed by atoms with Crippen LogP contribution in [0.25, 0.3) is 0 Å². The molecule has 0 atom stereocenters. The molecule has 0 fully saturated rings. The van der Waals surface area contributed by atoms with Gasteiger partial charge in [0.1, 0.15) is 11.6 Å². The third kappa shape index (κ3) is 3.75. The number of hydrogen-bond donors (Lipinski definition) is 1. The molecule has 2 rings (SSSR count). The minimum atomic E-state index is 0.367. The predicted octanol–water partition coefficient (Wildman–Crippen LogP) is 2.38. The lowest BCUT2D eigenvalue weighted by atomic mass is 10.1. The van der Waals surface area contributed by atoms with Crippen LogP contribution in [-0.2, 0) is 13.0 Å². The molecule has 0 amide bonds. The summed E-state index contributed by atoms with van der Waals surface area (Å²) in [5.41, 5.74) is 6.85. The summed E-state index contributed by atoms with van der Waals surface area (Å²) in [6.45, 7) is 1.26. The Morgan fingerprint density at radius 3 is 2.79 bits per heavy atom. The minimum Gasteiger partial charge on any atom is -0.359 e. The fraction of sp³-hybridized carbons (Fsp3) is 0.286. The van der Waals surface area contributed by atoms with Gasteiger partial charge in [-0.05, 0) is 24.1 Å². The van der Waals surface area contributed by atoms with Crippen LogP contribution >= 0.6 is 15.9 Å². The zero-order valence-corrected chi connectivity index (χ0v) is 12.5. The number of nitrogens with two attached hydrogens (primary N) is 1. The number of likely N-dealkylation sites (N-methyl/N-ethyl adjacent to an activating group) is 1. The van der Waals surface area contributed by atoms with Gasteiger partial charge in [0, 0.05) is 24.3 Å². The van der Waals surface area contributed by atoms with E-state index in [0.717, 1.165) is 23.3 Å². The monoisotopic (exact) mass is 320 g/mol. The molecule has 19 heavy (non-hydrogen) atoms. The number of halogens is 1.